The van der Waals surface area contributed by atoms with Crippen molar-refractivity contribution in [3.8, 4) is 0 Å². The van der Waals surface area contributed by atoms with E-state index in [1.807, 2.05) is 0 Å². The van der Waals surface area contributed by atoms with Gasteiger partial charge in [0.2, 0.25) is 0 Å². The minimum absolute atomic E-state index is 0.611. The van der Waals surface area contributed by atoms with Crippen molar-refractivity contribution in [3.63, 3.8) is 0 Å². The third-order valence-corrected chi connectivity index (χ3v) is 0.551. The highest BCUT2D eigenvalue weighted by molar-refractivity contribution is 4.35. The Morgan fingerprint density at radius 3 is 2.57 bits per heavy atom. The molecule has 0 rings (SSSR count). The van der Waals surface area contributed by atoms with Crippen LogP contribution in [-0.2, 0) is 4.74 Å². The summed E-state index contributed by atoms with van der Waals surface area (Å²) in [6, 6.07) is 0. The van der Waals surface area contributed by atoms with Gasteiger partial charge in [0.05, 0.1) is 6.61 Å². The van der Waals surface area contributed by atoms with E-state index in [0.717, 1.165) is 13.0 Å². The zero-order chi connectivity index (χ0) is 5.54. The lowest BCUT2D eigenvalue weighted by Crippen LogP contribution is -2.08. The molecule has 0 aliphatic heterocycles. The Kier molecular flexibility index (Phi) is 5.85. The summed E-state index contributed by atoms with van der Waals surface area (Å²) in [5.74, 6) is 0. The maximum absolute atomic E-state index is 5.12. The maximum Gasteiger partial charge on any atom is 0.0588 e. The van der Waals surface area contributed by atoms with Crippen molar-refractivity contribution in [1.82, 2.24) is 0 Å². The van der Waals surface area contributed by atoms with Gasteiger partial charge in [-0.15, -0.1) is 0 Å². The molecule has 0 aromatic heterocycles. The van der Waals surface area contributed by atoms with Gasteiger partial charge in [-0.1, -0.05) is 6.92 Å². The van der Waals surface area contributed by atoms with E-state index in [1.165, 1.54) is 0 Å². The average molecular weight is 102 g/mol. The molecule has 2 N–H and O–H groups in total. The quantitative estimate of drug-likeness (QED) is 0.514. The first kappa shape index (κ1) is 6.92. The Morgan fingerprint density at radius 2 is 2.14 bits per heavy atom. The highest BCUT2D eigenvalue weighted by Gasteiger charge is 1.78. The summed E-state index contributed by atoms with van der Waals surface area (Å²) >= 11 is 0. The maximum atomic E-state index is 5.12. The van der Waals surface area contributed by atoms with Gasteiger partial charge in [0.25, 0.3) is 0 Å². The largest absolute Gasteiger partial charge is 0.380 e. The zero-order valence-electron chi connectivity index (χ0n) is 4.52. The van der Waals surface area contributed by atoms with Crippen molar-refractivity contribution in [2.75, 3.05) is 19.8 Å². The molecule has 2 nitrogen and oxygen atoms in total. The smallest absolute Gasteiger partial charge is 0.0588 e. The number of hydrogen-bond donors (Lipinski definition) is 1. The summed E-state index contributed by atoms with van der Waals surface area (Å²) in [4.78, 5) is 0. The van der Waals surface area contributed by atoms with Crippen LogP contribution >= 0.6 is 0 Å². The van der Waals surface area contributed by atoms with Gasteiger partial charge in [-0.25, -0.2) is 0 Å². The molecule has 0 fully saturated rings. The summed E-state index contributed by atoms with van der Waals surface area (Å²) in [6.07, 6.45) is 0.833. The standard InChI is InChI=1S/C5H12NO/c1-2-4-7-5-3-6/h1-6H2. The van der Waals surface area contributed by atoms with E-state index in [1.54, 1.807) is 0 Å². The lowest BCUT2D eigenvalue weighted by atomic mass is 10.5. The summed E-state index contributed by atoms with van der Waals surface area (Å²) < 4.78 is 4.94. The van der Waals surface area contributed by atoms with Gasteiger partial charge in [-0.3, -0.25) is 0 Å². The van der Waals surface area contributed by atoms with Crippen molar-refractivity contribution >= 4 is 0 Å². The van der Waals surface area contributed by atoms with Gasteiger partial charge in [-0.05, 0) is 6.42 Å². The second-order valence-electron chi connectivity index (χ2n) is 1.25. The van der Waals surface area contributed by atoms with Gasteiger partial charge in [0.1, 0.15) is 0 Å². The molecule has 7 heavy (non-hydrogen) atoms. The molecule has 0 aliphatic rings. The first-order valence-corrected chi connectivity index (χ1v) is 2.49. The Morgan fingerprint density at radius 1 is 1.43 bits per heavy atom. The van der Waals surface area contributed by atoms with E-state index in [2.05, 4.69) is 6.92 Å². The van der Waals surface area contributed by atoms with Crippen molar-refractivity contribution in [3.05, 3.63) is 6.92 Å². The third-order valence-electron chi connectivity index (χ3n) is 0.551. The SMILES string of the molecule is [CH2]CCOCCN. The highest BCUT2D eigenvalue weighted by atomic mass is 16.5. The highest BCUT2D eigenvalue weighted by Crippen LogP contribution is 1.75. The molecular formula is C5H12NO. The number of hydrogen-bond acceptors (Lipinski definition) is 2. The summed E-state index contributed by atoms with van der Waals surface area (Å²) in [5, 5.41) is 0. The fourth-order valence-corrected chi connectivity index (χ4v) is 0.287. The van der Waals surface area contributed by atoms with Crippen LogP contribution in [0.3, 0.4) is 0 Å². The zero-order valence-corrected chi connectivity index (χ0v) is 4.52. The van der Waals surface area contributed by atoms with Gasteiger partial charge < -0.3 is 10.5 Å². The molecule has 0 aromatic rings. The van der Waals surface area contributed by atoms with Gasteiger partial charge >= 0.3 is 0 Å². The van der Waals surface area contributed by atoms with E-state index in [4.69, 9.17) is 10.5 Å². The second kappa shape index (κ2) is 5.92. The van der Waals surface area contributed by atoms with E-state index in [9.17, 15) is 0 Å². The second-order valence-corrected chi connectivity index (χ2v) is 1.25. The van der Waals surface area contributed by atoms with Crippen LogP contribution in [0.4, 0.5) is 0 Å². The van der Waals surface area contributed by atoms with Crippen LogP contribution < -0.4 is 5.73 Å². The fourth-order valence-electron chi connectivity index (χ4n) is 0.287. The average Bonchev–Trinajstić information content (AvgIpc) is 1.69. The molecule has 0 saturated carbocycles. The molecule has 43 valence electrons. The number of rotatable bonds is 4. The number of nitrogens with two attached hydrogens (primary N) is 1. The monoisotopic (exact) mass is 102 g/mol. The van der Waals surface area contributed by atoms with Gasteiger partial charge in [0.15, 0.2) is 0 Å². The Hall–Kier alpha value is -0.0800. The topological polar surface area (TPSA) is 35.2 Å². The summed E-state index contributed by atoms with van der Waals surface area (Å²) in [6.45, 7) is 5.60. The molecule has 0 heterocycles. The molecule has 0 bridgehead atoms. The molecule has 0 aliphatic carbocycles. The Balaban J connectivity index is 2.45. The normalized spacial score (nSPS) is 9.43. The minimum atomic E-state index is 0.611. The van der Waals surface area contributed by atoms with E-state index >= 15 is 0 Å². The number of ether oxygens (including phenoxy) is 1. The predicted octanol–water partition coefficient (Wildman–Crippen LogP) is 0.186. The molecule has 0 spiro atoms. The Bertz CT molecular complexity index is 27.3. The van der Waals surface area contributed by atoms with Crippen LogP contribution in [0.25, 0.3) is 0 Å². The fraction of sp³-hybridized carbons (Fsp3) is 0.800. The van der Waals surface area contributed by atoms with E-state index < -0.39 is 0 Å². The van der Waals surface area contributed by atoms with Crippen LogP contribution in [-0.4, -0.2) is 19.8 Å². The third kappa shape index (κ3) is 5.92. The lowest BCUT2D eigenvalue weighted by molar-refractivity contribution is 0.146. The Labute approximate surface area is 44.7 Å². The molecule has 0 amide bonds. The summed E-state index contributed by atoms with van der Waals surface area (Å²) in [5.41, 5.74) is 5.12. The van der Waals surface area contributed by atoms with Crippen LogP contribution in [0, 0.1) is 6.92 Å². The van der Waals surface area contributed by atoms with Gasteiger partial charge in [0, 0.05) is 13.2 Å². The molecular weight excluding hydrogens is 90.1 g/mol. The van der Waals surface area contributed by atoms with Crippen molar-refractivity contribution in [2.45, 2.75) is 6.42 Å². The summed E-state index contributed by atoms with van der Waals surface area (Å²) in [7, 11) is 0. The molecule has 0 atom stereocenters. The molecule has 1 radical (unpaired) electrons. The molecule has 2 heteroatoms. The van der Waals surface area contributed by atoms with Crippen LogP contribution in [0.15, 0.2) is 0 Å². The first-order valence-electron chi connectivity index (χ1n) is 2.49. The molecule has 0 aromatic carbocycles. The van der Waals surface area contributed by atoms with Gasteiger partial charge in [-0.2, -0.15) is 0 Å². The van der Waals surface area contributed by atoms with Crippen LogP contribution in [0.1, 0.15) is 6.42 Å². The first-order chi connectivity index (χ1) is 3.41. The lowest BCUT2D eigenvalue weighted by Gasteiger charge is -1.95. The predicted molar refractivity (Wildman–Crippen MR) is 29.8 cm³/mol. The van der Waals surface area contributed by atoms with Crippen molar-refractivity contribution in [2.24, 2.45) is 5.73 Å². The minimum Gasteiger partial charge on any atom is -0.380 e. The van der Waals surface area contributed by atoms with Crippen molar-refractivity contribution < 1.29 is 4.74 Å². The van der Waals surface area contributed by atoms with Crippen LogP contribution in [0.2, 0.25) is 0 Å². The van der Waals surface area contributed by atoms with Crippen molar-refractivity contribution in [1.29, 1.82) is 0 Å². The molecule has 0 saturated heterocycles. The van der Waals surface area contributed by atoms with Crippen LogP contribution in [0.5, 0.6) is 0 Å². The van der Waals surface area contributed by atoms with E-state index in [-0.39, 0.29) is 0 Å². The van der Waals surface area contributed by atoms with E-state index in [0.29, 0.717) is 13.2 Å². The molecule has 0 unspecified atom stereocenters.